The van der Waals surface area contributed by atoms with Gasteiger partial charge in [0, 0.05) is 30.0 Å². The Labute approximate surface area is 121 Å². The van der Waals surface area contributed by atoms with Gasteiger partial charge in [-0.15, -0.1) is 0 Å². The second-order valence-electron chi connectivity index (χ2n) is 5.14. The molecule has 3 heteroatoms. The quantitative estimate of drug-likeness (QED) is 0.897. The Morgan fingerprint density at radius 3 is 2.60 bits per heavy atom. The molecule has 0 spiro atoms. The summed E-state index contributed by atoms with van der Waals surface area (Å²) in [6.45, 7) is 6.37. The van der Waals surface area contributed by atoms with Crippen molar-refractivity contribution in [1.29, 1.82) is 0 Å². The van der Waals surface area contributed by atoms with Crippen LogP contribution < -0.4 is 10.1 Å². The number of methoxy groups -OCH3 is 1. The standard InChI is InChI=1S/C17H22N2O/c1-12-7-8-16(17(10-12)20-4)14(3)19-13(2)15-6-5-9-18-11-15/h5-11,13-14,19H,1-4H3/t13-,14?/m0/s1. The van der Waals surface area contributed by atoms with Crippen molar-refractivity contribution >= 4 is 0 Å². The first-order valence-corrected chi connectivity index (χ1v) is 6.92. The molecule has 0 aliphatic heterocycles. The van der Waals surface area contributed by atoms with Crippen LogP contribution >= 0.6 is 0 Å². The lowest BCUT2D eigenvalue weighted by atomic mass is 10.0. The van der Waals surface area contributed by atoms with Crippen molar-refractivity contribution in [3.8, 4) is 5.75 Å². The zero-order valence-electron chi connectivity index (χ0n) is 12.6. The van der Waals surface area contributed by atoms with E-state index in [0.29, 0.717) is 0 Å². The minimum atomic E-state index is 0.209. The first kappa shape index (κ1) is 14.5. The molecule has 1 aromatic heterocycles. The normalized spacial score (nSPS) is 13.8. The predicted molar refractivity (Wildman–Crippen MR) is 81.9 cm³/mol. The molecule has 20 heavy (non-hydrogen) atoms. The number of nitrogens with zero attached hydrogens (tertiary/aromatic N) is 1. The van der Waals surface area contributed by atoms with E-state index in [0.717, 1.165) is 5.75 Å². The maximum Gasteiger partial charge on any atom is 0.123 e. The van der Waals surface area contributed by atoms with Gasteiger partial charge in [-0.25, -0.2) is 0 Å². The third kappa shape index (κ3) is 3.36. The average Bonchev–Trinajstić information content (AvgIpc) is 2.47. The number of hydrogen-bond donors (Lipinski definition) is 1. The summed E-state index contributed by atoms with van der Waals surface area (Å²) >= 11 is 0. The van der Waals surface area contributed by atoms with Crippen molar-refractivity contribution < 1.29 is 4.74 Å². The first-order chi connectivity index (χ1) is 9.61. The number of ether oxygens (including phenoxy) is 1. The molecule has 1 heterocycles. The van der Waals surface area contributed by atoms with Gasteiger partial charge in [0.25, 0.3) is 0 Å². The van der Waals surface area contributed by atoms with E-state index in [1.54, 1.807) is 13.3 Å². The van der Waals surface area contributed by atoms with Gasteiger partial charge in [-0.2, -0.15) is 0 Å². The van der Waals surface area contributed by atoms with Gasteiger partial charge in [0.1, 0.15) is 5.75 Å². The summed E-state index contributed by atoms with van der Waals surface area (Å²) in [5.74, 6) is 0.934. The van der Waals surface area contributed by atoms with Crippen LogP contribution in [0.5, 0.6) is 5.75 Å². The molecule has 0 fully saturated rings. The van der Waals surface area contributed by atoms with Gasteiger partial charge in [-0.3, -0.25) is 4.98 Å². The summed E-state index contributed by atoms with van der Waals surface area (Å²) in [7, 11) is 1.72. The molecule has 0 amide bonds. The number of pyridine rings is 1. The summed E-state index contributed by atoms with van der Waals surface area (Å²) in [6, 6.07) is 10.8. The number of nitrogens with one attached hydrogen (secondary N) is 1. The summed E-state index contributed by atoms with van der Waals surface area (Å²) in [5, 5.41) is 3.59. The number of hydrogen-bond acceptors (Lipinski definition) is 3. The van der Waals surface area contributed by atoms with Crippen LogP contribution in [0.3, 0.4) is 0 Å². The number of rotatable bonds is 5. The fraction of sp³-hybridized carbons (Fsp3) is 0.353. The molecule has 1 aromatic carbocycles. The fourth-order valence-corrected chi connectivity index (χ4v) is 2.37. The van der Waals surface area contributed by atoms with Gasteiger partial charge < -0.3 is 10.1 Å². The molecule has 2 atom stereocenters. The van der Waals surface area contributed by atoms with Crippen LogP contribution in [0.1, 0.15) is 42.6 Å². The highest BCUT2D eigenvalue weighted by Crippen LogP contribution is 2.27. The summed E-state index contributed by atoms with van der Waals surface area (Å²) in [5.41, 5.74) is 3.57. The Bertz CT molecular complexity index is 554. The third-order valence-electron chi connectivity index (χ3n) is 3.54. The van der Waals surface area contributed by atoms with Crippen LogP contribution in [0, 0.1) is 6.92 Å². The van der Waals surface area contributed by atoms with Gasteiger partial charge >= 0.3 is 0 Å². The van der Waals surface area contributed by atoms with Crippen LogP contribution in [0.2, 0.25) is 0 Å². The van der Waals surface area contributed by atoms with E-state index in [4.69, 9.17) is 4.74 Å². The minimum absolute atomic E-state index is 0.209. The molecular formula is C17H22N2O. The monoisotopic (exact) mass is 270 g/mol. The minimum Gasteiger partial charge on any atom is -0.496 e. The predicted octanol–water partition coefficient (Wildman–Crippen LogP) is 3.81. The molecule has 0 bridgehead atoms. The van der Waals surface area contributed by atoms with Crippen LogP contribution in [-0.2, 0) is 0 Å². The molecule has 0 aliphatic carbocycles. The zero-order chi connectivity index (χ0) is 14.5. The van der Waals surface area contributed by atoms with Crippen LogP contribution in [-0.4, -0.2) is 12.1 Å². The van der Waals surface area contributed by atoms with Crippen molar-refractivity contribution in [3.63, 3.8) is 0 Å². The SMILES string of the molecule is COc1cc(C)ccc1C(C)N[C@@H](C)c1cccnc1. The van der Waals surface area contributed by atoms with E-state index in [2.05, 4.69) is 55.3 Å². The Morgan fingerprint density at radius 1 is 1.15 bits per heavy atom. The van der Waals surface area contributed by atoms with E-state index in [1.165, 1.54) is 16.7 Å². The first-order valence-electron chi connectivity index (χ1n) is 6.92. The summed E-state index contributed by atoms with van der Waals surface area (Å²) < 4.78 is 5.48. The van der Waals surface area contributed by atoms with Crippen LogP contribution in [0.4, 0.5) is 0 Å². The lowest BCUT2D eigenvalue weighted by molar-refractivity contribution is 0.396. The molecule has 0 saturated carbocycles. The second-order valence-corrected chi connectivity index (χ2v) is 5.14. The van der Waals surface area contributed by atoms with Crippen molar-refractivity contribution in [2.45, 2.75) is 32.9 Å². The van der Waals surface area contributed by atoms with Gasteiger partial charge in [0.2, 0.25) is 0 Å². The molecule has 0 aliphatic rings. The maximum atomic E-state index is 5.48. The number of aromatic nitrogens is 1. The van der Waals surface area contributed by atoms with Crippen molar-refractivity contribution in [2.24, 2.45) is 0 Å². The van der Waals surface area contributed by atoms with Crippen molar-refractivity contribution in [2.75, 3.05) is 7.11 Å². The lowest BCUT2D eigenvalue weighted by Crippen LogP contribution is -2.23. The molecular weight excluding hydrogens is 248 g/mol. The second kappa shape index (κ2) is 6.53. The lowest BCUT2D eigenvalue weighted by Gasteiger charge is -2.22. The fourth-order valence-electron chi connectivity index (χ4n) is 2.37. The largest absolute Gasteiger partial charge is 0.496 e. The van der Waals surface area contributed by atoms with E-state index in [9.17, 15) is 0 Å². The average molecular weight is 270 g/mol. The summed E-state index contributed by atoms with van der Waals surface area (Å²) in [4.78, 5) is 4.17. The van der Waals surface area contributed by atoms with Crippen LogP contribution in [0.25, 0.3) is 0 Å². The molecule has 0 radical (unpaired) electrons. The zero-order valence-corrected chi connectivity index (χ0v) is 12.6. The molecule has 0 saturated heterocycles. The van der Waals surface area contributed by atoms with E-state index < -0.39 is 0 Å². The highest BCUT2D eigenvalue weighted by atomic mass is 16.5. The van der Waals surface area contributed by atoms with Gasteiger partial charge in [0.05, 0.1) is 7.11 Å². The number of benzene rings is 1. The van der Waals surface area contributed by atoms with E-state index >= 15 is 0 Å². The van der Waals surface area contributed by atoms with Gasteiger partial charge in [-0.1, -0.05) is 18.2 Å². The molecule has 2 rings (SSSR count). The number of aryl methyl sites for hydroxylation is 1. The van der Waals surface area contributed by atoms with Crippen molar-refractivity contribution in [1.82, 2.24) is 10.3 Å². The Kier molecular flexibility index (Phi) is 4.74. The molecule has 1 unspecified atom stereocenters. The van der Waals surface area contributed by atoms with Gasteiger partial charge in [-0.05, 0) is 44.0 Å². The highest BCUT2D eigenvalue weighted by Gasteiger charge is 2.14. The topological polar surface area (TPSA) is 34.1 Å². The molecule has 106 valence electrons. The van der Waals surface area contributed by atoms with Crippen LogP contribution in [0.15, 0.2) is 42.7 Å². The Hall–Kier alpha value is -1.87. The molecule has 2 aromatic rings. The highest BCUT2D eigenvalue weighted by molar-refractivity contribution is 5.39. The maximum absolute atomic E-state index is 5.48. The van der Waals surface area contributed by atoms with E-state index in [1.807, 2.05) is 12.3 Å². The Balaban J connectivity index is 2.14. The van der Waals surface area contributed by atoms with E-state index in [-0.39, 0.29) is 12.1 Å². The van der Waals surface area contributed by atoms with Crippen molar-refractivity contribution in [3.05, 3.63) is 59.4 Å². The van der Waals surface area contributed by atoms with Gasteiger partial charge in [0.15, 0.2) is 0 Å². The third-order valence-corrected chi connectivity index (χ3v) is 3.54. The molecule has 1 N–H and O–H groups in total. The summed E-state index contributed by atoms with van der Waals surface area (Å²) in [6.07, 6.45) is 3.69. The Morgan fingerprint density at radius 2 is 1.95 bits per heavy atom. The molecule has 3 nitrogen and oxygen atoms in total. The smallest absolute Gasteiger partial charge is 0.123 e.